The van der Waals surface area contributed by atoms with Crippen LogP contribution in [0.1, 0.15) is 54.5 Å². The number of likely N-dealkylation sites (tertiary alicyclic amines) is 1. The molecule has 1 aliphatic rings. The third kappa shape index (κ3) is 5.57. The maximum Gasteiger partial charge on any atom is 0.276 e. The normalized spacial score (nSPS) is 15.9. The average Bonchev–Trinajstić information content (AvgIpc) is 3.23. The molecular formula is C24H30FIN4O2. The number of carbonyl (C=O) groups is 1. The SMILES string of the molecule is CCCOc1ccc(C)nc1C(=O)N1CCCC[C@H]1Cc1cn2cccc(F)c2n1.CI. The standard InChI is InChI=1S/C23H27FN4O2.CH3I/c1-3-13-30-20-10-9-16(2)25-21(20)23(29)28-12-5-4-7-18(28)14-17-15-27-11-6-8-19(24)22(27)26-17;1-2/h6,8-11,15,18H,3-5,7,12-14H2,1-2H3;1H3/t18-;/m0./s1. The number of carbonyl (C=O) groups excluding carboxylic acids is 1. The van der Waals surface area contributed by atoms with Gasteiger partial charge in [0.15, 0.2) is 22.9 Å². The predicted molar refractivity (Wildman–Crippen MR) is 132 cm³/mol. The van der Waals surface area contributed by atoms with E-state index >= 15 is 0 Å². The first-order valence-electron chi connectivity index (χ1n) is 11.0. The Bertz CT molecular complexity index is 1060. The van der Waals surface area contributed by atoms with E-state index in [1.807, 2.05) is 42.0 Å². The van der Waals surface area contributed by atoms with Crippen molar-refractivity contribution in [2.75, 3.05) is 18.1 Å². The molecular weight excluding hydrogens is 522 g/mol. The summed E-state index contributed by atoms with van der Waals surface area (Å²) >= 11 is 2.15. The lowest BCUT2D eigenvalue weighted by atomic mass is 9.97. The van der Waals surface area contributed by atoms with Crippen molar-refractivity contribution in [3.05, 3.63) is 59.6 Å². The minimum atomic E-state index is -0.345. The fourth-order valence-corrected chi connectivity index (χ4v) is 4.01. The highest BCUT2D eigenvalue weighted by atomic mass is 127. The maximum absolute atomic E-state index is 14.0. The van der Waals surface area contributed by atoms with Gasteiger partial charge in [0, 0.05) is 37.1 Å². The Morgan fingerprint density at radius 1 is 1.25 bits per heavy atom. The lowest BCUT2D eigenvalue weighted by Gasteiger charge is -2.35. The van der Waals surface area contributed by atoms with Gasteiger partial charge in [-0.25, -0.2) is 14.4 Å². The molecule has 6 nitrogen and oxygen atoms in total. The molecule has 4 rings (SSSR count). The van der Waals surface area contributed by atoms with E-state index in [0.717, 1.165) is 37.1 Å². The van der Waals surface area contributed by atoms with Crippen molar-refractivity contribution in [3.63, 3.8) is 0 Å². The van der Waals surface area contributed by atoms with Crippen molar-refractivity contribution in [1.82, 2.24) is 19.3 Å². The molecule has 0 aromatic carbocycles. The molecule has 0 bridgehead atoms. The number of pyridine rings is 2. The summed E-state index contributed by atoms with van der Waals surface area (Å²) in [5.41, 5.74) is 2.25. The zero-order valence-corrected chi connectivity index (χ0v) is 21.0. The number of halogens is 2. The number of aromatic nitrogens is 3. The fraction of sp³-hybridized carbons (Fsp3) is 0.458. The Labute approximate surface area is 202 Å². The molecule has 0 unspecified atom stereocenters. The highest BCUT2D eigenvalue weighted by molar-refractivity contribution is 14.1. The Hall–Kier alpha value is -2.23. The molecule has 1 atom stereocenters. The van der Waals surface area contributed by atoms with Crippen LogP contribution in [0.4, 0.5) is 4.39 Å². The van der Waals surface area contributed by atoms with Crippen LogP contribution in [0.3, 0.4) is 0 Å². The summed E-state index contributed by atoms with van der Waals surface area (Å²) < 4.78 is 21.5. The van der Waals surface area contributed by atoms with Gasteiger partial charge in [-0.2, -0.15) is 0 Å². The minimum Gasteiger partial charge on any atom is -0.491 e. The summed E-state index contributed by atoms with van der Waals surface area (Å²) in [7, 11) is 0. The molecule has 0 saturated carbocycles. The maximum atomic E-state index is 14.0. The Morgan fingerprint density at radius 3 is 2.81 bits per heavy atom. The zero-order chi connectivity index (χ0) is 23.1. The van der Waals surface area contributed by atoms with Crippen LogP contribution in [-0.2, 0) is 6.42 Å². The minimum absolute atomic E-state index is 0.000519. The number of piperidine rings is 1. The molecule has 3 aromatic rings. The lowest BCUT2D eigenvalue weighted by Crippen LogP contribution is -2.45. The molecule has 0 radical (unpaired) electrons. The quantitative estimate of drug-likeness (QED) is 0.310. The first-order chi connectivity index (χ1) is 15.6. The first kappa shape index (κ1) is 24.4. The number of hydrogen-bond acceptors (Lipinski definition) is 4. The fourth-order valence-electron chi connectivity index (χ4n) is 4.01. The Balaban J connectivity index is 0.00000141. The van der Waals surface area contributed by atoms with Gasteiger partial charge in [0.2, 0.25) is 0 Å². The number of fused-ring (bicyclic) bond motifs is 1. The van der Waals surface area contributed by atoms with Gasteiger partial charge in [-0.15, -0.1) is 0 Å². The molecule has 4 heterocycles. The summed E-state index contributed by atoms with van der Waals surface area (Å²) in [6, 6.07) is 6.76. The van der Waals surface area contributed by atoms with Crippen LogP contribution in [-0.4, -0.2) is 49.3 Å². The van der Waals surface area contributed by atoms with E-state index in [2.05, 4.69) is 32.6 Å². The highest BCUT2D eigenvalue weighted by Gasteiger charge is 2.31. The van der Waals surface area contributed by atoms with Gasteiger partial charge in [-0.3, -0.25) is 4.79 Å². The third-order valence-electron chi connectivity index (χ3n) is 5.48. The van der Waals surface area contributed by atoms with E-state index in [9.17, 15) is 9.18 Å². The van der Waals surface area contributed by atoms with Crippen LogP contribution >= 0.6 is 22.6 Å². The number of hydrogen-bond donors (Lipinski definition) is 0. The van der Waals surface area contributed by atoms with Crippen molar-refractivity contribution < 1.29 is 13.9 Å². The van der Waals surface area contributed by atoms with Gasteiger partial charge >= 0.3 is 0 Å². The molecule has 1 fully saturated rings. The highest BCUT2D eigenvalue weighted by Crippen LogP contribution is 2.26. The first-order valence-corrected chi connectivity index (χ1v) is 13.1. The van der Waals surface area contributed by atoms with Crippen molar-refractivity contribution in [3.8, 4) is 5.75 Å². The molecule has 32 heavy (non-hydrogen) atoms. The van der Waals surface area contributed by atoms with Gasteiger partial charge in [0.25, 0.3) is 5.91 Å². The average molecular weight is 552 g/mol. The van der Waals surface area contributed by atoms with Crippen LogP contribution < -0.4 is 4.74 Å². The van der Waals surface area contributed by atoms with Crippen molar-refractivity contribution >= 4 is 34.1 Å². The number of aryl methyl sites for hydroxylation is 1. The molecule has 1 saturated heterocycles. The number of nitrogens with zero attached hydrogens (tertiary/aromatic N) is 4. The number of imidazole rings is 1. The van der Waals surface area contributed by atoms with Crippen LogP contribution in [0.25, 0.3) is 5.65 Å². The molecule has 0 spiro atoms. The monoisotopic (exact) mass is 552 g/mol. The van der Waals surface area contributed by atoms with Gasteiger partial charge in [0.1, 0.15) is 0 Å². The van der Waals surface area contributed by atoms with Gasteiger partial charge in [0.05, 0.1) is 12.3 Å². The summed E-state index contributed by atoms with van der Waals surface area (Å²) in [4.78, 5) is 26.3. The van der Waals surface area contributed by atoms with Gasteiger partial charge < -0.3 is 14.0 Å². The van der Waals surface area contributed by atoms with Crippen molar-refractivity contribution in [1.29, 1.82) is 0 Å². The number of alkyl halides is 1. The van der Waals surface area contributed by atoms with E-state index in [1.165, 1.54) is 6.07 Å². The van der Waals surface area contributed by atoms with E-state index < -0.39 is 0 Å². The number of rotatable bonds is 6. The second-order valence-electron chi connectivity index (χ2n) is 7.82. The van der Waals surface area contributed by atoms with Gasteiger partial charge in [-0.05, 0) is 61.8 Å². The molecule has 1 amide bonds. The van der Waals surface area contributed by atoms with Crippen LogP contribution in [0.15, 0.2) is 36.7 Å². The second kappa shape index (κ2) is 11.6. The second-order valence-corrected chi connectivity index (χ2v) is 7.82. The molecule has 0 N–H and O–H groups in total. The van der Waals surface area contributed by atoms with E-state index in [1.54, 1.807) is 16.7 Å². The zero-order valence-electron chi connectivity index (χ0n) is 18.9. The third-order valence-corrected chi connectivity index (χ3v) is 5.48. The largest absolute Gasteiger partial charge is 0.491 e. The number of ether oxygens (including phenoxy) is 1. The van der Waals surface area contributed by atoms with E-state index in [0.29, 0.717) is 36.7 Å². The topological polar surface area (TPSA) is 59.7 Å². The van der Waals surface area contributed by atoms with Crippen molar-refractivity contribution in [2.45, 2.75) is 52.0 Å². The summed E-state index contributed by atoms with van der Waals surface area (Å²) in [6.45, 7) is 5.12. The molecule has 172 valence electrons. The van der Waals surface area contributed by atoms with Gasteiger partial charge in [-0.1, -0.05) is 29.5 Å². The van der Waals surface area contributed by atoms with Crippen LogP contribution in [0.2, 0.25) is 0 Å². The van der Waals surface area contributed by atoms with Crippen LogP contribution in [0.5, 0.6) is 5.75 Å². The summed E-state index contributed by atoms with van der Waals surface area (Å²) in [5.74, 6) is 0.0815. The molecule has 3 aromatic heterocycles. The predicted octanol–water partition coefficient (Wildman–Crippen LogP) is 5.25. The lowest BCUT2D eigenvalue weighted by molar-refractivity contribution is 0.0601. The van der Waals surface area contributed by atoms with Crippen LogP contribution in [0, 0.1) is 12.7 Å². The summed E-state index contributed by atoms with van der Waals surface area (Å²) in [5, 5.41) is 0. The summed E-state index contributed by atoms with van der Waals surface area (Å²) in [6.07, 6.45) is 7.97. The molecule has 0 aliphatic carbocycles. The molecule has 8 heteroatoms. The Kier molecular flexibility index (Phi) is 8.84. The molecule has 1 aliphatic heterocycles. The van der Waals surface area contributed by atoms with E-state index in [-0.39, 0.29) is 17.8 Å². The Morgan fingerprint density at radius 2 is 2.06 bits per heavy atom. The number of amides is 1. The van der Waals surface area contributed by atoms with E-state index in [4.69, 9.17) is 4.74 Å². The smallest absolute Gasteiger partial charge is 0.276 e. The van der Waals surface area contributed by atoms with Crippen molar-refractivity contribution in [2.24, 2.45) is 0 Å².